The second-order valence-electron chi connectivity index (χ2n) is 9.49. The summed E-state index contributed by atoms with van der Waals surface area (Å²) in [4.78, 5) is 21.5. The fraction of sp³-hybridized carbons (Fsp3) is 0.458. The third-order valence-electron chi connectivity index (χ3n) is 5.95. The van der Waals surface area contributed by atoms with Crippen molar-refractivity contribution in [1.29, 1.82) is 0 Å². The summed E-state index contributed by atoms with van der Waals surface area (Å²) >= 11 is 0. The molecule has 0 saturated heterocycles. The molecule has 1 N–H and O–H groups in total. The molecule has 0 spiro atoms. The van der Waals surface area contributed by atoms with E-state index in [4.69, 9.17) is 4.98 Å². The molecule has 31 heavy (non-hydrogen) atoms. The Hall–Kier alpha value is -2.83. The van der Waals surface area contributed by atoms with Gasteiger partial charge in [-0.25, -0.2) is 13.8 Å². The lowest BCUT2D eigenvalue weighted by Crippen LogP contribution is -2.26. The first kappa shape index (κ1) is 21.4. The Morgan fingerprint density at radius 2 is 1.87 bits per heavy atom. The highest BCUT2D eigenvalue weighted by molar-refractivity contribution is 6.04. The molecule has 4 rings (SSSR count). The van der Waals surface area contributed by atoms with Crippen LogP contribution >= 0.6 is 0 Å². The van der Waals surface area contributed by atoms with Crippen LogP contribution in [0.25, 0.3) is 5.65 Å². The van der Waals surface area contributed by atoms with Gasteiger partial charge in [0.25, 0.3) is 5.91 Å². The maximum absolute atomic E-state index is 13.6. The Bertz CT molecular complexity index is 1080. The van der Waals surface area contributed by atoms with E-state index in [-0.39, 0.29) is 30.1 Å². The van der Waals surface area contributed by atoms with Gasteiger partial charge in [-0.2, -0.15) is 0 Å². The zero-order chi connectivity index (χ0) is 22.2. The summed E-state index contributed by atoms with van der Waals surface area (Å²) in [6, 6.07) is 7.02. The smallest absolute Gasteiger partial charge is 0.255 e. The van der Waals surface area contributed by atoms with E-state index >= 15 is 0 Å². The molecule has 1 amide bonds. The number of fused-ring (bicyclic) bond motifs is 1. The number of nitrogens with zero attached hydrogens (tertiary/aromatic N) is 3. The van der Waals surface area contributed by atoms with Crippen molar-refractivity contribution in [2.75, 3.05) is 5.32 Å². The highest BCUT2D eigenvalue weighted by Gasteiger charge is 2.36. The molecule has 0 aromatic carbocycles. The summed E-state index contributed by atoms with van der Waals surface area (Å²) in [5.41, 5.74) is 3.70. The van der Waals surface area contributed by atoms with E-state index in [1.165, 1.54) is 0 Å². The maximum atomic E-state index is 13.6. The van der Waals surface area contributed by atoms with Crippen LogP contribution in [0.4, 0.5) is 14.5 Å². The number of carbonyl (C=O) groups is 1. The molecular weight excluding hydrogens is 398 g/mol. The van der Waals surface area contributed by atoms with Crippen LogP contribution in [-0.2, 0) is 11.8 Å². The Kier molecular flexibility index (Phi) is 5.54. The zero-order valence-electron chi connectivity index (χ0n) is 18.2. The van der Waals surface area contributed by atoms with E-state index in [0.717, 1.165) is 11.4 Å². The second-order valence-corrected chi connectivity index (χ2v) is 9.49. The van der Waals surface area contributed by atoms with Crippen LogP contribution in [0.3, 0.4) is 0 Å². The van der Waals surface area contributed by atoms with Gasteiger partial charge in [0.15, 0.2) is 0 Å². The van der Waals surface area contributed by atoms with Gasteiger partial charge in [0.1, 0.15) is 5.65 Å². The lowest BCUT2D eigenvalue weighted by Gasteiger charge is -2.29. The third kappa shape index (κ3) is 4.75. The number of alkyl halides is 2. The van der Waals surface area contributed by atoms with Crippen LogP contribution in [0.2, 0.25) is 0 Å². The molecule has 1 fully saturated rings. The van der Waals surface area contributed by atoms with Crippen molar-refractivity contribution in [1.82, 2.24) is 14.4 Å². The van der Waals surface area contributed by atoms with E-state index in [1.54, 1.807) is 36.7 Å². The summed E-state index contributed by atoms with van der Waals surface area (Å²) in [6.45, 7) is 6.30. The first-order valence-electron chi connectivity index (χ1n) is 10.7. The van der Waals surface area contributed by atoms with Crippen molar-refractivity contribution in [2.24, 2.45) is 5.92 Å². The fourth-order valence-electron chi connectivity index (χ4n) is 4.25. The molecule has 5 nitrogen and oxygen atoms in total. The number of anilines is 1. The van der Waals surface area contributed by atoms with Crippen LogP contribution in [0, 0.1) is 5.92 Å². The number of imidazole rings is 1. The largest absolute Gasteiger partial charge is 0.322 e. The molecule has 1 aliphatic rings. The van der Waals surface area contributed by atoms with Gasteiger partial charge in [0, 0.05) is 53.8 Å². The SMILES string of the molecule is CC(C)(C)c1nc2cc(C(=O)Nc3ccncc3)ccn2c1CC1CCC(F)(F)CC1. The van der Waals surface area contributed by atoms with Crippen molar-refractivity contribution >= 4 is 17.2 Å². The molecule has 0 aliphatic heterocycles. The summed E-state index contributed by atoms with van der Waals surface area (Å²) in [7, 11) is 0. The third-order valence-corrected chi connectivity index (χ3v) is 5.95. The number of rotatable bonds is 4. The van der Waals surface area contributed by atoms with Gasteiger partial charge < -0.3 is 9.72 Å². The van der Waals surface area contributed by atoms with E-state index in [2.05, 4.69) is 31.1 Å². The molecule has 3 aromatic rings. The maximum Gasteiger partial charge on any atom is 0.255 e. The van der Waals surface area contributed by atoms with Gasteiger partial charge in [0.05, 0.1) is 5.69 Å². The molecule has 7 heteroatoms. The lowest BCUT2D eigenvalue weighted by atomic mass is 9.81. The number of hydrogen-bond donors (Lipinski definition) is 1. The van der Waals surface area contributed by atoms with Crippen LogP contribution in [0.1, 0.15) is 68.2 Å². The van der Waals surface area contributed by atoms with Crippen molar-refractivity contribution in [3.8, 4) is 0 Å². The quantitative estimate of drug-likeness (QED) is 0.587. The number of aromatic nitrogens is 3. The number of nitrogens with one attached hydrogen (secondary N) is 1. The standard InChI is InChI=1S/C24H28F2N4O/c1-23(2,3)21-19(14-16-4-9-24(25,26)10-5-16)30-13-8-17(15-20(30)29-21)22(31)28-18-6-11-27-12-7-18/h6-8,11-13,15-16H,4-5,9-10,14H2,1-3H3,(H,27,28,31). The molecule has 0 unspecified atom stereocenters. The molecule has 0 radical (unpaired) electrons. The lowest BCUT2D eigenvalue weighted by molar-refractivity contribution is -0.0457. The summed E-state index contributed by atoms with van der Waals surface area (Å²) < 4.78 is 29.2. The summed E-state index contributed by atoms with van der Waals surface area (Å²) in [6.07, 6.45) is 6.79. The van der Waals surface area contributed by atoms with Crippen molar-refractivity contribution in [2.45, 2.75) is 64.2 Å². The highest BCUT2D eigenvalue weighted by atomic mass is 19.3. The molecule has 3 aromatic heterocycles. The van der Waals surface area contributed by atoms with E-state index in [9.17, 15) is 13.6 Å². The minimum Gasteiger partial charge on any atom is -0.322 e. The van der Waals surface area contributed by atoms with Crippen LogP contribution in [-0.4, -0.2) is 26.2 Å². The van der Waals surface area contributed by atoms with Crippen LogP contribution in [0.15, 0.2) is 42.9 Å². The predicted molar refractivity (Wildman–Crippen MR) is 117 cm³/mol. The zero-order valence-corrected chi connectivity index (χ0v) is 18.2. The van der Waals surface area contributed by atoms with Crippen molar-refractivity contribution in [3.05, 3.63) is 59.8 Å². The normalized spacial score (nSPS) is 17.1. The van der Waals surface area contributed by atoms with Gasteiger partial charge in [-0.1, -0.05) is 20.8 Å². The molecule has 3 heterocycles. The average Bonchev–Trinajstić information content (AvgIpc) is 3.08. The topological polar surface area (TPSA) is 59.3 Å². The molecule has 1 saturated carbocycles. The van der Waals surface area contributed by atoms with Gasteiger partial charge in [-0.05, 0) is 49.4 Å². The minimum atomic E-state index is -2.53. The minimum absolute atomic E-state index is 0.0431. The van der Waals surface area contributed by atoms with Crippen LogP contribution in [0.5, 0.6) is 0 Å². The highest BCUT2D eigenvalue weighted by Crippen LogP contribution is 2.39. The summed E-state index contributed by atoms with van der Waals surface area (Å²) in [5, 5.41) is 2.86. The number of pyridine rings is 2. The first-order chi connectivity index (χ1) is 14.6. The Morgan fingerprint density at radius 3 is 2.52 bits per heavy atom. The fourth-order valence-corrected chi connectivity index (χ4v) is 4.25. The Morgan fingerprint density at radius 1 is 1.19 bits per heavy atom. The van der Waals surface area contributed by atoms with Gasteiger partial charge in [-0.15, -0.1) is 0 Å². The molecule has 0 atom stereocenters. The predicted octanol–water partition coefficient (Wildman–Crippen LogP) is 5.65. The molecule has 0 bridgehead atoms. The number of amides is 1. The van der Waals surface area contributed by atoms with Crippen molar-refractivity contribution in [3.63, 3.8) is 0 Å². The number of hydrogen-bond acceptors (Lipinski definition) is 3. The van der Waals surface area contributed by atoms with Gasteiger partial charge >= 0.3 is 0 Å². The second kappa shape index (κ2) is 8.02. The Balaban J connectivity index is 1.63. The van der Waals surface area contributed by atoms with Gasteiger partial charge in [-0.3, -0.25) is 9.78 Å². The van der Waals surface area contributed by atoms with Crippen molar-refractivity contribution < 1.29 is 13.6 Å². The molecule has 1 aliphatic carbocycles. The average molecular weight is 427 g/mol. The monoisotopic (exact) mass is 426 g/mol. The van der Waals surface area contributed by atoms with E-state index in [1.807, 2.05) is 10.6 Å². The number of halogens is 2. The molecular formula is C24H28F2N4O. The van der Waals surface area contributed by atoms with E-state index in [0.29, 0.717) is 36.2 Å². The Labute approximate surface area is 180 Å². The summed E-state index contributed by atoms with van der Waals surface area (Å²) in [5.74, 6) is -2.53. The van der Waals surface area contributed by atoms with E-state index < -0.39 is 5.92 Å². The van der Waals surface area contributed by atoms with Crippen LogP contribution < -0.4 is 5.32 Å². The van der Waals surface area contributed by atoms with Gasteiger partial charge in [0.2, 0.25) is 5.92 Å². The number of carbonyl (C=O) groups excluding carboxylic acids is 1. The molecule has 164 valence electrons. The first-order valence-corrected chi connectivity index (χ1v) is 10.7.